The zero-order chi connectivity index (χ0) is 19.9. The monoisotopic (exact) mass is 406 g/mol. The maximum absolute atomic E-state index is 13.2. The number of amides is 1. The van der Waals surface area contributed by atoms with Crippen LogP contribution in [0.3, 0.4) is 0 Å². The molecule has 1 fully saturated rings. The molecule has 0 bridgehead atoms. The molecule has 1 aliphatic heterocycles. The van der Waals surface area contributed by atoms with Crippen LogP contribution in [0.2, 0.25) is 0 Å². The third-order valence-electron chi connectivity index (χ3n) is 4.36. The smallest absolute Gasteiger partial charge is 0.341 e. The van der Waals surface area contributed by atoms with Crippen LogP contribution in [-0.2, 0) is 14.3 Å². The zero-order valence-corrected chi connectivity index (χ0v) is 16.4. The lowest BCUT2D eigenvalue weighted by atomic mass is 10.0. The summed E-state index contributed by atoms with van der Waals surface area (Å²) < 4.78 is 23.9. The molecule has 1 unspecified atom stereocenters. The number of thiophene rings is 1. The summed E-state index contributed by atoms with van der Waals surface area (Å²) in [5.74, 6) is -1.13. The Morgan fingerprint density at radius 1 is 1.32 bits per heavy atom. The molecule has 1 aromatic heterocycles. The SMILES string of the molecule is CCOC(=O)c1c(-c2ccc(F)cc2)csc1NC(=O)CNCC1CCCO1. The van der Waals surface area contributed by atoms with Gasteiger partial charge < -0.3 is 20.1 Å². The minimum Gasteiger partial charge on any atom is -0.462 e. The van der Waals surface area contributed by atoms with Crippen molar-refractivity contribution in [2.24, 2.45) is 0 Å². The van der Waals surface area contributed by atoms with Crippen molar-refractivity contribution in [1.82, 2.24) is 5.32 Å². The second-order valence-corrected chi connectivity index (χ2v) is 7.27. The highest BCUT2D eigenvalue weighted by Gasteiger charge is 2.23. The number of halogens is 1. The highest BCUT2D eigenvalue weighted by molar-refractivity contribution is 7.15. The number of hydrogen-bond acceptors (Lipinski definition) is 6. The molecule has 0 aliphatic carbocycles. The predicted molar refractivity (Wildman–Crippen MR) is 106 cm³/mol. The Labute approximate surface area is 167 Å². The fraction of sp³-hybridized carbons (Fsp3) is 0.400. The fourth-order valence-electron chi connectivity index (χ4n) is 3.02. The molecule has 1 amide bonds. The summed E-state index contributed by atoms with van der Waals surface area (Å²) in [4.78, 5) is 24.8. The number of esters is 1. The summed E-state index contributed by atoms with van der Waals surface area (Å²) in [6.45, 7) is 3.43. The number of rotatable bonds is 8. The molecule has 0 spiro atoms. The Balaban J connectivity index is 1.71. The van der Waals surface area contributed by atoms with Crippen molar-refractivity contribution in [1.29, 1.82) is 0 Å². The topological polar surface area (TPSA) is 76.7 Å². The molecule has 0 saturated carbocycles. The Morgan fingerprint density at radius 3 is 2.79 bits per heavy atom. The molecule has 150 valence electrons. The molecule has 6 nitrogen and oxygen atoms in total. The lowest BCUT2D eigenvalue weighted by Crippen LogP contribution is -2.33. The summed E-state index contributed by atoms with van der Waals surface area (Å²) in [7, 11) is 0. The minimum absolute atomic E-state index is 0.117. The Morgan fingerprint density at radius 2 is 2.11 bits per heavy atom. The van der Waals surface area contributed by atoms with Crippen LogP contribution in [0.4, 0.5) is 9.39 Å². The summed E-state index contributed by atoms with van der Waals surface area (Å²) in [5.41, 5.74) is 1.56. The molecule has 2 aromatic rings. The summed E-state index contributed by atoms with van der Waals surface area (Å²) in [6.07, 6.45) is 2.19. The van der Waals surface area contributed by atoms with E-state index in [1.54, 1.807) is 24.4 Å². The van der Waals surface area contributed by atoms with Gasteiger partial charge in [0.05, 0.1) is 19.3 Å². The van der Waals surface area contributed by atoms with Gasteiger partial charge in [-0.25, -0.2) is 9.18 Å². The molecular weight excluding hydrogens is 383 g/mol. The van der Waals surface area contributed by atoms with Crippen LogP contribution >= 0.6 is 11.3 Å². The molecule has 1 aliphatic rings. The van der Waals surface area contributed by atoms with E-state index in [9.17, 15) is 14.0 Å². The van der Waals surface area contributed by atoms with Gasteiger partial charge in [-0.3, -0.25) is 4.79 Å². The van der Waals surface area contributed by atoms with Gasteiger partial charge in [0.15, 0.2) is 0 Å². The molecule has 2 N–H and O–H groups in total. The Bertz CT molecular complexity index is 816. The number of benzene rings is 1. The van der Waals surface area contributed by atoms with E-state index in [1.807, 2.05) is 0 Å². The van der Waals surface area contributed by atoms with Crippen LogP contribution in [-0.4, -0.2) is 44.3 Å². The number of anilines is 1. The number of carbonyl (C=O) groups is 2. The van der Waals surface area contributed by atoms with Crippen molar-refractivity contribution in [3.05, 3.63) is 41.0 Å². The quantitative estimate of drug-likeness (QED) is 0.657. The molecule has 0 radical (unpaired) electrons. The van der Waals surface area contributed by atoms with Gasteiger partial charge in [0.1, 0.15) is 16.4 Å². The van der Waals surface area contributed by atoms with E-state index >= 15 is 0 Å². The first-order chi connectivity index (χ1) is 13.6. The van der Waals surface area contributed by atoms with Crippen LogP contribution in [0.25, 0.3) is 11.1 Å². The van der Waals surface area contributed by atoms with Crippen LogP contribution in [0.15, 0.2) is 29.6 Å². The minimum atomic E-state index is -0.523. The normalized spacial score (nSPS) is 16.1. The van der Waals surface area contributed by atoms with Crippen LogP contribution in [0.1, 0.15) is 30.1 Å². The fourth-order valence-corrected chi connectivity index (χ4v) is 3.99. The Kier molecular flexibility index (Phi) is 7.13. The maximum Gasteiger partial charge on any atom is 0.341 e. The maximum atomic E-state index is 13.2. The average molecular weight is 406 g/mol. The molecular formula is C20H23FN2O4S. The molecule has 3 rings (SSSR count). The number of carbonyl (C=O) groups excluding carboxylic acids is 2. The second-order valence-electron chi connectivity index (χ2n) is 6.39. The zero-order valence-electron chi connectivity index (χ0n) is 15.6. The van der Waals surface area contributed by atoms with E-state index in [1.165, 1.54) is 23.5 Å². The largest absolute Gasteiger partial charge is 0.462 e. The third-order valence-corrected chi connectivity index (χ3v) is 5.26. The van der Waals surface area contributed by atoms with Gasteiger partial charge in [0, 0.05) is 24.1 Å². The van der Waals surface area contributed by atoms with Gasteiger partial charge in [0.2, 0.25) is 5.91 Å². The first kappa shape index (κ1) is 20.4. The average Bonchev–Trinajstić information content (AvgIpc) is 3.32. The lowest BCUT2D eigenvalue weighted by Gasteiger charge is -2.11. The highest BCUT2D eigenvalue weighted by Crippen LogP contribution is 2.36. The van der Waals surface area contributed by atoms with E-state index in [4.69, 9.17) is 9.47 Å². The van der Waals surface area contributed by atoms with Crippen molar-refractivity contribution in [3.63, 3.8) is 0 Å². The molecule has 1 aromatic carbocycles. The lowest BCUT2D eigenvalue weighted by molar-refractivity contribution is -0.115. The van der Waals surface area contributed by atoms with Crippen molar-refractivity contribution >= 4 is 28.2 Å². The summed E-state index contributed by atoms with van der Waals surface area (Å²) in [6, 6.07) is 5.84. The molecule has 28 heavy (non-hydrogen) atoms. The number of ether oxygens (including phenoxy) is 2. The van der Waals surface area contributed by atoms with Crippen LogP contribution in [0.5, 0.6) is 0 Å². The number of nitrogens with one attached hydrogen (secondary N) is 2. The van der Waals surface area contributed by atoms with Gasteiger partial charge in [-0.2, -0.15) is 0 Å². The van der Waals surface area contributed by atoms with Crippen LogP contribution < -0.4 is 10.6 Å². The van der Waals surface area contributed by atoms with Gasteiger partial charge >= 0.3 is 5.97 Å². The second kappa shape index (κ2) is 9.77. The van der Waals surface area contributed by atoms with E-state index in [-0.39, 0.29) is 36.5 Å². The van der Waals surface area contributed by atoms with E-state index in [2.05, 4.69) is 10.6 Å². The third kappa shape index (κ3) is 5.15. The van der Waals surface area contributed by atoms with Crippen molar-refractivity contribution in [2.45, 2.75) is 25.9 Å². The van der Waals surface area contributed by atoms with E-state index < -0.39 is 5.97 Å². The van der Waals surface area contributed by atoms with Gasteiger partial charge in [-0.1, -0.05) is 12.1 Å². The first-order valence-corrected chi connectivity index (χ1v) is 10.1. The molecule has 1 saturated heterocycles. The van der Waals surface area contributed by atoms with E-state index in [0.717, 1.165) is 19.4 Å². The summed E-state index contributed by atoms with van der Waals surface area (Å²) >= 11 is 1.24. The molecule has 8 heteroatoms. The van der Waals surface area contributed by atoms with Crippen LogP contribution in [0, 0.1) is 5.82 Å². The standard InChI is InChI=1S/C20H23FN2O4S/c1-2-26-20(25)18-16(13-5-7-14(21)8-6-13)12-28-19(18)23-17(24)11-22-10-15-4-3-9-27-15/h5-8,12,15,22H,2-4,9-11H2,1H3,(H,23,24). The number of hydrogen-bond donors (Lipinski definition) is 2. The van der Waals surface area contributed by atoms with Crippen molar-refractivity contribution in [2.75, 3.05) is 31.6 Å². The molecule has 2 heterocycles. The van der Waals surface area contributed by atoms with Gasteiger partial charge in [-0.05, 0) is 37.5 Å². The first-order valence-electron chi connectivity index (χ1n) is 9.25. The van der Waals surface area contributed by atoms with E-state index in [0.29, 0.717) is 22.7 Å². The van der Waals surface area contributed by atoms with Crippen molar-refractivity contribution in [3.8, 4) is 11.1 Å². The molecule has 1 atom stereocenters. The highest BCUT2D eigenvalue weighted by atomic mass is 32.1. The van der Waals surface area contributed by atoms with Gasteiger partial charge in [0.25, 0.3) is 0 Å². The predicted octanol–water partition coefficient (Wildman–Crippen LogP) is 3.44. The summed E-state index contributed by atoms with van der Waals surface area (Å²) in [5, 5.41) is 8.03. The van der Waals surface area contributed by atoms with Gasteiger partial charge in [-0.15, -0.1) is 11.3 Å². The Hall–Kier alpha value is -2.29. The van der Waals surface area contributed by atoms with Crippen molar-refractivity contribution < 1.29 is 23.5 Å².